The third kappa shape index (κ3) is 8.82. The van der Waals surface area contributed by atoms with E-state index in [9.17, 15) is 9.59 Å². The largest absolute Gasteiger partial charge is 0.377 e. The Hall–Kier alpha value is -1.28. The minimum absolute atomic E-state index is 0.0494. The summed E-state index contributed by atoms with van der Waals surface area (Å²) in [7, 11) is 1.64. The average molecular weight is 290 g/mol. The van der Waals surface area contributed by atoms with Crippen LogP contribution < -0.4 is 21.3 Å². The lowest BCUT2D eigenvalue weighted by Crippen LogP contribution is -2.44. The molecule has 0 spiro atoms. The molecule has 0 rings (SSSR count). The summed E-state index contributed by atoms with van der Waals surface area (Å²) < 4.78 is 0. The molecule has 4 N–H and O–H groups in total. The number of nitrogens with one attached hydrogen (secondary N) is 4. The van der Waals surface area contributed by atoms with Gasteiger partial charge < -0.3 is 16.0 Å². The van der Waals surface area contributed by atoms with Crippen LogP contribution in [-0.4, -0.2) is 42.1 Å². The van der Waals surface area contributed by atoms with Crippen molar-refractivity contribution < 1.29 is 9.59 Å². The lowest BCUT2D eigenvalue weighted by molar-refractivity contribution is -0.118. The molecule has 0 aromatic rings. The van der Waals surface area contributed by atoms with E-state index in [1.165, 1.54) is 6.92 Å². The molecule has 0 aromatic carbocycles. The Bertz CT molecular complexity index is 334. The van der Waals surface area contributed by atoms with Gasteiger partial charge in [-0.3, -0.25) is 10.1 Å². The van der Waals surface area contributed by atoms with E-state index in [-0.39, 0.29) is 16.9 Å². The van der Waals surface area contributed by atoms with Gasteiger partial charge in [0.15, 0.2) is 0 Å². The first kappa shape index (κ1) is 16.7. The summed E-state index contributed by atoms with van der Waals surface area (Å²) in [5.41, 5.74) is 0. The smallest absolute Gasteiger partial charge is 0.319 e. The molecule has 3 amide bonds. The zero-order valence-corrected chi connectivity index (χ0v) is 12.1. The SMILES string of the molecule is CNC(=S)C(=S)NC(=O)NCCCCNC(C)=O. The fourth-order valence-electron chi connectivity index (χ4n) is 1.03. The fraction of sp³-hybridized carbons (Fsp3) is 0.600. The number of unbranched alkanes of at least 4 members (excludes halogenated alkanes) is 1. The molecule has 0 aromatic heterocycles. The maximum Gasteiger partial charge on any atom is 0.319 e. The van der Waals surface area contributed by atoms with E-state index in [2.05, 4.69) is 21.3 Å². The van der Waals surface area contributed by atoms with Crippen LogP contribution in [0, 0.1) is 0 Å². The van der Waals surface area contributed by atoms with Gasteiger partial charge in [0, 0.05) is 27.1 Å². The van der Waals surface area contributed by atoms with Gasteiger partial charge in [-0.05, 0) is 12.8 Å². The number of hydrogen-bond donors (Lipinski definition) is 4. The molecule has 0 bridgehead atoms. The molecule has 8 heteroatoms. The molecule has 0 aliphatic heterocycles. The second-order valence-corrected chi connectivity index (χ2v) is 4.30. The standard InChI is InChI=1S/C10H18N4O2S2/c1-7(15)12-5-3-4-6-13-10(16)14-9(18)8(17)11-2/h3-6H2,1-2H3,(H,11,17)(H,12,15)(H2,13,14,16,18). The van der Waals surface area contributed by atoms with E-state index in [4.69, 9.17) is 24.4 Å². The molecule has 0 aliphatic carbocycles. The van der Waals surface area contributed by atoms with Crippen LogP contribution in [0.2, 0.25) is 0 Å². The number of carbonyl (C=O) groups is 2. The van der Waals surface area contributed by atoms with Crippen LogP contribution in [0.25, 0.3) is 0 Å². The molecule has 18 heavy (non-hydrogen) atoms. The molecular formula is C10H18N4O2S2. The van der Waals surface area contributed by atoms with Crippen LogP contribution in [-0.2, 0) is 4.79 Å². The summed E-state index contributed by atoms with van der Waals surface area (Å²) in [4.78, 5) is 22.4. The van der Waals surface area contributed by atoms with Gasteiger partial charge in [-0.15, -0.1) is 0 Å². The minimum Gasteiger partial charge on any atom is -0.377 e. The quantitative estimate of drug-likeness (QED) is 0.426. The number of amides is 3. The van der Waals surface area contributed by atoms with Crippen molar-refractivity contribution >= 4 is 46.4 Å². The Labute approximate surface area is 117 Å². The normalized spacial score (nSPS) is 9.22. The Kier molecular flexibility index (Phi) is 9.03. The summed E-state index contributed by atoms with van der Waals surface area (Å²) in [5.74, 6) is -0.0494. The highest BCUT2D eigenvalue weighted by Gasteiger charge is 2.06. The first-order valence-electron chi connectivity index (χ1n) is 5.52. The Morgan fingerprint density at radius 2 is 1.56 bits per heavy atom. The topological polar surface area (TPSA) is 82.3 Å². The molecular weight excluding hydrogens is 272 g/mol. The van der Waals surface area contributed by atoms with Crippen LogP contribution >= 0.6 is 24.4 Å². The number of rotatable bonds is 5. The first-order chi connectivity index (χ1) is 8.47. The predicted octanol–water partition coefficient (Wildman–Crippen LogP) is 0.0761. The van der Waals surface area contributed by atoms with Crippen LogP contribution in [0.1, 0.15) is 19.8 Å². The molecule has 0 saturated carbocycles. The summed E-state index contributed by atoms with van der Waals surface area (Å²) in [6, 6.07) is -0.378. The van der Waals surface area contributed by atoms with E-state index in [1.807, 2.05) is 0 Å². The van der Waals surface area contributed by atoms with Gasteiger partial charge in [-0.2, -0.15) is 0 Å². The van der Waals surface area contributed by atoms with Gasteiger partial charge in [-0.25, -0.2) is 4.79 Å². The van der Waals surface area contributed by atoms with Crippen LogP contribution in [0.4, 0.5) is 4.79 Å². The third-order valence-electron chi connectivity index (χ3n) is 1.92. The molecule has 102 valence electrons. The molecule has 0 heterocycles. The maximum absolute atomic E-state index is 11.3. The lowest BCUT2D eigenvalue weighted by atomic mass is 10.3. The maximum atomic E-state index is 11.3. The molecule has 0 radical (unpaired) electrons. The third-order valence-corrected chi connectivity index (χ3v) is 2.77. The summed E-state index contributed by atoms with van der Waals surface area (Å²) in [5, 5.41) is 10.4. The van der Waals surface area contributed by atoms with E-state index in [0.29, 0.717) is 18.1 Å². The Balaban J connectivity index is 3.57. The van der Waals surface area contributed by atoms with Crippen molar-refractivity contribution in [3.8, 4) is 0 Å². The minimum atomic E-state index is -0.378. The molecule has 0 unspecified atom stereocenters. The van der Waals surface area contributed by atoms with Crippen LogP contribution in [0.5, 0.6) is 0 Å². The number of carbonyl (C=O) groups excluding carboxylic acids is 2. The summed E-state index contributed by atoms with van der Waals surface area (Å²) >= 11 is 9.73. The number of hydrogen-bond acceptors (Lipinski definition) is 4. The van der Waals surface area contributed by atoms with E-state index in [0.717, 1.165) is 12.8 Å². The molecule has 0 atom stereocenters. The highest BCUT2D eigenvalue weighted by atomic mass is 32.1. The summed E-state index contributed by atoms with van der Waals surface area (Å²) in [6.07, 6.45) is 1.58. The van der Waals surface area contributed by atoms with Crippen molar-refractivity contribution in [2.45, 2.75) is 19.8 Å². The highest BCUT2D eigenvalue weighted by Crippen LogP contribution is 1.85. The zero-order valence-electron chi connectivity index (χ0n) is 10.5. The Morgan fingerprint density at radius 3 is 2.06 bits per heavy atom. The second-order valence-electron chi connectivity index (χ2n) is 3.48. The predicted molar refractivity (Wildman–Crippen MR) is 78.7 cm³/mol. The van der Waals surface area contributed by atoms with E-state index in [1.54, 1.807) is 7.05 Å². The van der Waals surface area contributed by atoms with Crippen molar-refractivity contribution in [1.82, 2.24) is 21.3 Å². The van der Waals surface area contributed by atoms with Crippen LogP contribution in [0.15, 0.2) is 0 Å². The number of thiocarbonyl (C=S) groups is 2. The van der Waals surface area contributed by atoms with Gasteiger partial charge in [-0.1, -0.05) is 24.4 Å². The Morgan fingerprint density at radius 1 is 1.00 bits per heavy atom. The van der Waals surface area contributed by atoms with Crippen molar-refractivity contribution in [3.05, 3.63) is 0 Å². The van der Waals surface area contributed by atoms with E-state index < -0.39 is 0 Å². The highest BCUT2D eigenvalue weighted by molar-refractivity contribution is 7.89. The molecule has 0 fully saturated rings. The van der Waals surface area contributed by atoms with Gasteiger partial charge in [0.05, 0.1) is 0 Å². The van der Waals surface area contributed by atoms with E-state index >= 15 is 0 Å². The number of likely N-dealkylation sites (N-methyl/N-ethyl adjacent to an activating group) is 1. The lowest BCUT2D eigenvalue weighted by Gasteiger charge is -2.09. The van der Waals surface area contributed by atoms with Crippen molar-refractivity contribution in [1.29, 1.82) is 0 Å². The fourth-order valence-corrected chi connectivity index (χ4v) is 1.28. The van der Waals surface area contributed by atoms with Gasteiger partial charge in [0.1, 0.15) is 9.98 Å². The zero-order chi connectivity index (χ0) is 14.0. The second kappa shape index (κ2) is 9.72. The first-order valence-corrected chi connectivity index (χ1v) is 6.34. The van der Waals surface area contributed by atoms with Crippen molar-refractivity contribution in [2.24, 2.45) is 0 Å². The van der Waals surface area contributed by atoms with Crippen molar-refractivity contribution in [2.75, 3.05) is 20.1 Å². The van der Waals surface area contributed by atoms with Crippen LogP contribution in [0.3, 0.4) is 0 Å². The summed E-state index contributed by atoms with van der Waals surface area (Å²) in [6.45, 7) is 2.60. The van der Waals surface area contributed by atoms with Gasteiger partial charge in [0.2, 0.25) is 5.91 Å². The molecule has 0 aliphatic rings. The molecule has 6 nitrogen and oxygen atoms in total. The number of urea groups is 1. The van der Waals surface area contributed by atoms with Gasteiger partial charge in [0.25, 0.3) is 0 Å². The van der Waals surface area contributed by atoms with Gasteiger partial charge >= 0.3 is 6.03 Å². The monoisotopic (exact) mass is 290 g/mol. The average Bonchev–Trinajstić information content (AvgIpc) is 2.31. The van der Waals surface area contributed by atoms with Crippen molar-refractivity contribution in [3.63, 3.8) is 0 Å². The molecule has 0 saturated heterocycles.